The van der Waals surface area contributed by atoms with Crippen LogP contribution in [0.25, 0.3) is 11.0 Å². The lowest BCUT2D eigenvalue weighted by molar-refractivity contribution is -0.138. The Labute approximate surface area is 301 Å². The Balaban J connectivity index is 1.30. The fourth-order valence-corrected chi connectivity index (χ4v) is 7.04. The number of hydrogen-bond acceptors (Lipinski definition) is 13. The standard InChI is InChI=1S/C34H51N9O7S/c1-3-4-5-10-37-31-30-25(39-34(36)40-31)9-12-43(30)20-23-17-22(6-7-26(23)50-2)19-41-13-15-42(16-14-41)28(44)8-11-38-32(47)27(18-29(45)46)51-21-24(35)33(48)49/h6-7,9,12,17,24,27,29,45-46H,3-5,8,10-11,13-16,18-21,35H2,1-2H3,(H,38,47)(H,48,49)(H3,36,37,39,40)/t24-,27+/m0/s1. The van der Waals surface area contributed by atoms with Crippen LogP contribution >= 0.6 is 11.8 Å². The number of nitrogens with two attached hydrogens (primary N) is 2. The lowest BCUT2D eigenvalue weighted by Gasteiger charge is -2.35. The van der Waals surface area contributed by atoms with Crippen molar-refractivity contribution in [3.63, 3.8) is 0 Å². The smallest absolute Gasteiger partial charge is 0.321 e. The van der Waals surface area contributed by atoms with Crippen molar-refractivity contribution in [2.45, 2.75) is 69.7 Å². The van der Waals surface area contributed by atoms with Crippen molar-refractivity contribution < 1.29 is 34.4 Å². The van der Waals surface area contributed by atoms with Crippen molar-refractivity contribution in [1.82, 2.24) is 29.7 Å². The minimum absolute atomic E-state index is 0.0721. The number of aromatic nitrogens is 3. The maximum absolute atomic E-state index is 12.9. The molecule has 2 amide bonds. The molecular weight excluding hydrogens is 678 g/mol. The van der Waals surface area contributed by atoms with Crippen LogP contribution in [0.15, 0.2) is 30.5 Å². The quantitative estimate of drug-likeness (QED) is 0.0636. The molecular formula is C34H51N9O7S. The Morgan fingerprint density at radius 3 is 2.51 bits per heavy atom. The summed E-state index contributed by atoms with van der Waals surface area (Å²) in [5.74, 6) is -0.171. The number of unbranched alkanes of at least 4 members (excludes halogenated alkanes) is 2. The predicted molar refractivity (Wildman–Crippen MR) is 196 cm³/mol. The van der Waals surface area contributed by atoms with Gasteiger partial charge in [-0.25, -0.2) is 4.98 Å². The van der Waals surface area contributed by atoms with E-state index < -0.39 is 29.5 Å². The highest BCUT2D eigenvalue weighted by Gasteiger charge is 2.26. The number of piperazine rings is 1. The van der Waals surface area contributed by atoms with Gasteiger partial charge in [0.05, 0.1) is 24.4 Å². The average Bonchev–Trinajstić information content (AvgIpc) is 3.50. The topological polar surface area (TPSA) is 234 Å². The third-order valence-electron chi connectivity index (χ3n) is 8.67. The molecule has 280 valence electrons. The molecule has 1 aromatic carbocycles. The minimum atomic E-state index is -1.75. The number of aliphatic hydroxyl groups excluding tert-OH is 1. The van der Waals surface area contributed by atoms with Gasteiger partial charge < -0.3 is 51.6 Å². The van der Waals surface area contributed by atoms with Crippen LogP contribution in [0.5, 0.6) is 5.75 Å². The van der Waals surface area contributed by atoms with E-state index in [-0.39, 0.29) is 37.0 Å². The molecule has 2 aromatic heterocycles. The monoisotopic (exact) mass is 729 g/mol. The second-order valence-corrected chi connectivity index (χ2v) is 13.8. The molecule has 16 nitrogen and oxygen atoms in total. The molecule has 2 atom stereocenters. The molecule has 1 aliphatic rings. The van der Waals surface area contributed by atoms with Gasteiger partial charge in [-0.1, -0.05) is 25.8 Å². The molecule has 3 heterocycles. The van der Waals surface area contributed by atoms with Crippen LogP contribution < -0.4 is 26.8 Å². The van der Waals surface area contributed by atoms with E-state index in [1.165, 1.54) is 0 Å². The lowest BCUT2D eigenvalue weighted by Crippen LogP contribution is -2.49. The van der Waals surface area contributed by atoms with Gasteiger partial charge in [0.2, 0.25) is 17.8 Å². The van der Waals surface area contributed by atoms with Gasteiger partial charge in [-0.05, 0) is 30.2 Å². The lowest BCUT2D eigenvalue weighted by atomic mass is 10.1. The number of amides is 2. The number of nitrogens with zero attached hydrogens (tertiary/aromatic N) is 5. The first kappa shape index (κ1) is 39.6. The van der Waals surface area contributed by atoms with Crippen molar-refractivity contribution in [3.05, 3.63) is 41.6 Å². The summed E-state index contributed by atoms with van der Waals surface area (Å²) in [6.45, 7) is 6.75. The highest BCUT2D eigenvalue weighted by atomic mass is 32.2. The summed E-state index contributed by atoms with van der Waals surface area (Å²) < 4.78 is 7.83. The summed E-state index contributed by atoms with van der Waals surface area (Å²) >= 11 is 0.932. The number of rotatable bonds is 20. The van der Waals surface area contributed by atoms with Crippen molar-refractivity contribution in [1.29, 1.82) is 0 Å². The van der Waals surface area contributed by atoms with E-state index in [1.54, 1.807) is 12.0 Å². The van der Waals surface area contributed by atoms with Gasteiger partial charge in [0.15, 0.2) is 12.1 Å². The molecule has 9 N–H and O–H groups in total. The molecule has 1 aliphatic heterocycles. The number of thioether (sulfide) groups is 1. The second kappa shape index (κ2) is 19.4. The normalized spacial score (nSPS) is 14.8. The zero-order valence-corrected chi connectivity index (χ0v) is 30.1. The maximum atomic E-state index is 12.9. The summed E-state index contributed by atoms with van der Waals surface area (Å²) in [5.41, 5.74) is 15.3. The number of hydrogen-bond donors (Lipinski definition) is 7. The molecule has 1 saturated heterocycles. The summed E-state index contributed by atoms with van der Waals surface area (Å²) in [4.78, 5) is 49.6. The van der Waals surface area contributed by atoms with Gasteiger partial charge in [0, 0.05) is 76.2 Å². The number of aliphatic carboxylic acids is 1. The fourth-order valence-electron chi connectivity index (χ4n) is 5.91. The van der Waals surface area contributed by atoms with Gasteiger partial charge in [-0.15, -0.1) is 11.8 Å². The number of carbonyl (C=O) groups is 3. The van der Waals surface area contributed by atoms with Gasteiger partial charge in [0.1, 0.15) is 17.3 Å². The van der Waals surface area contributed by atoms with Crippen LogP contribution in [0.2, 0.25) is 0 Å². The number of fused-ring (bicyclic) bond motifs is 1. The third-order valence-corrected chi connectivity index (χ3v) is 10.0. The Morgan fingerprint density at radius 2 is 1.82 bits per heavy atom. The van der Waals surface area contributed by atoms with Crippen LogP contribution in [-0.4, -0.2) is 127 Å². The number of anilines is 2. The van der Waals surface area contributed by atoms with E-state index in [9.17, 15) is 24.6 Å². The molecule has 4 rings (SSSR count). The van der Waals surface area contributed by atoms with Crippen molar-refractivity contribution in [2.75, 3.05) is 63.2 Å². The molecule has 0 bridgehead atoms. The maximum Gasteiger partial charge on any atom is 0.321 e. The van der Waals surface area contributed by atoms with Gasteiger partial charge in [0.25, 0.3) is 0 Å². The molecule has 0 spiro atoms. The molecule has 1 fully saturated rings. The summed E-state index contributed by atoms with van der Waals surface area (Å²) in [7, 11) is 1.66. The van der Waals surface area contributed by atoms with Gasteiger partial charge >= 0.3 is 5.97 Å². The number of benzene rings is 1. The van der Waals surface area contributed by atoms with Gasteiger partial charge in [-0.3, -0.25) is 19.3 Å². The highest BCUT2D eigenvalue weighted by Crippen LogP contribution is 2.28. The number of carboxylic acid groups (broad SMARTS) is 1. The molecule has 0 aliphatic carbocycles. The first-order valence-corrected chi connectivity index (χ1v) is 18.3. The summed E-state index contributed by atoms with van der Waals surface area (Å²) in [6, 6.07) is 6.93. The minimum Gasteiger partial charge on any atom is -0.496 e. The fraction of sp³-hybridized carbons (Fsp3) is 0.559. The number of aliphatic hydroxyl groups is 2. The SMILES string of the molecule is CCCCCNc1nc(N)nc2ccn(Cc3cc(CN4CCN(C(=O)CCNC(=O)[C@@H](CC(O)O)SC[C@H](N)C(=O)O)CC4)ccc3OC)c12. The molecule has 17 heteroatoms. The largest absolute Gasteiger partial charge is 0.496 e. The predicted octanol–water partition coefficient (Wildman–Crippen LogP) is 1.04. The van der Waals surface area contributed by atoms with E-state index in [1.807, 2.05) is 18.3 Å². The van der Waals surface area contributed by atoms with Crippen LogP contribution in [0, 0.1) is 0 Å². The van der Waals surface area contributed by atoms with Crippen LogP contribution in [0.3, 0.4) is 0 Å². The Kier molecular flexibility index (Phi) is 15.1. The zero-order chi connectivity index (χ0) is 36.9. The first-order valence-electron chi connectivity index (χ1n) is 17.2. The molecule has 0 saturated carbocycles. The second-order valence-electron chi connectivity index (χ2n) is 12.6. The van der Waals surface area contributed by atoms with E-state index in [4.69, 9.17) is 21.3 Å². The number of ether oxygens (including phenoxy) is 1. The van der Waals surface area contributed by atoms with Crippen LogP contribution in [0.1, 0.15) is 50.2 Å². The van der Waals surface area contributed by atoms with E-state index in [0.29, 0.717) is 45.1 Å². The zero-order valence-electron chi connectivity index (χ0n) is 29.3. The highest BCUT2D eigenvalue weighted by molar-refractivity contribution is 8.00. The summed E-state index contributed by atoms with van der Waals surface area (Å²) in [6.07, 6.45) is 3.32. The number of nitrogens with one attached hydrogen (secondary N) is 2. The number of nitrogen functional groups attached to an aromatic ring is 1. The van der Waals surface area contributed by atoms with Crippen LogP contribution in [-0.2, 0) is 27.5 Å². The Bertz CT molecular complexity index is 1610. The molecule has 51 heavy (non-hydrogen) atoms. The Morgan fingerprint density at radius 1 is 1.06 bits per heavy atom. The molecule has 0 radical (unpaired) electrons. The average molecular weight is 730 g/mol. The number of methoxy groups -OCH3 is 1. The van der Waals surface area contributed by atoms with Crippen molar-refractivity contribution in [2.24, 2.45) is 5.73 Å². The number of carbonyl (C=O) groups excluding carboxylic acids is 2. The van der Waals surface area contributed by atoms with E-state index in [0.717, 1.165) is 65.5 Å². The molecule has 3 aromatic rings. The van der Waals surface area contributed by atoms with E-state index >= 15 is 0 Å². The van der Waals surface area contributed by atoms with Crippen molar-refractivity contribution in [3.8, 4) is 5.75 Å². The first-order chi connectivity index (χ1) is 24.5. The van der Waals surface area contributed by atoms with Crippen molar-refractivity contribution >= 4 is 52.3 Å². The van der Waals surface area contributed by atoms with Crippen LogP contribution in [0.4, 0.5) is 11.8 Å². The van der Waals surface area contributed by atoms with Gasteiger partial charge in [-0.2, -0.15) is 4.98 Å². The molecule has 0 unspecified atom stereocenters. The number of carboxylic acids is 1. The summed E-state index contributed by atoms with van der Waals surface area (Å²) in [5, 5.41) is 32.9. The third kappa shape index (κ3) is 11.7. The Hall–Kier alpha value is -4.16. The van der Waals surface area contributed by atoms with E-state index in [2.05, 4.69) is 49.1 Å².